The van der Waals surface area contributed by atoms with Crippen LogP contribution >= 0.6 is 0 Å². The Morgan fingerprint density at radius 2 is 2.06 bits per heavy atom. The molecular weight excluding hydrogens is 208 g/mol. The van der Waals surface area contributed by atoms with Gasteiger partial charge in [0.15, 0.2) is 0 Å². The van der Waals surface area contributed by atoms with E-state index in [-0.39, 0.29) is 11.3 Å². The van der Waals surface area contributed by atoms with Gasteiger partial charge in [-0.3, -0.25) is 9.59 Å². The molecule has 0 saturated carbocycles. The summed E-state index contributed by atoms with van der Waals surface area (Å²) in [6, 6.07) is 3.90. The molecule has 0 radical (unpaired) electrons. The lowest BCUT2D eigenvalue weighted by Gasteiger charge is -2.11. The summed E-state index contributed by atoms with van der Waals surface area (Å²) in [7, 11) is 0. The van der Waals surface area contributed by atoms with Crippen molar-refractivity contribution in [3.63, 3.8) is 0 Å². The first-order valence-electron chi connectivity index (χ1n) is 4.81. The molecule has 0 heterocycles. The number of phenolic OH excluding ortho intramolecular Hbond substituents is 1. The van der Waals surface area contributed by atoms with Gasteiger partial charge < -0.3 is 16.2 Å². The van der Waals surface area contributed by atoms with Crippen molar-refractivity contribution in [2.45, 2.75) is 19.9 Å². The summed E-state index contributed by atoms with van der Waals surface area (Å²) in [5, 5.41) is 11.9. The van der Waals surface area contributed by atoms with Crippen LogP contribution in [-0.2, 0) is 4.79 Å². The summed E-state index contributed by atoms with van der Waals surface area (Å²) >= 11 is 0. The van der Waals surface area contributed by atoms with E-state index in [1.54, 1.807) is 13.0 Å². The van der Waals surface area contributed by atoms with E-state index >= 15 is 0 Å². The fraction of sp³-hybridized carbons (Fsp3) is 0.273. The summed E-state index contributed by atoms with van der Waals surface area (Å²) in [6.07, 6.45) is 0. The van der Waals surface area contributed by atoms with E-state index in [1.807, 2.05) is 0 Å². The Hall–Kier alpha value is -2.04. The smallest absolute Gasteiger partial charge is 0.255 e. The minimum Gasteiger partial charge on any atom is -0.507 e. The first kappa shape index (κ1) is 12.0. The Balaban J connectivity index is 2.85. The largest absolute Gasteiger partial charge is 0.507 e. The molecule has 1 aromatic rings. The van der Waals surface area contributed by atoms with Gasteiger partial charge in [0.1, 0.15) is 11.8 Å². The Kier molecular flexibility index (Phi) is 3.50. The van der Waals surface area contributed by atoms with E-state index in [2.05, 4.69) is 5.32 Å². The zero-order chi connectivity index (χ0) is 12.3. The van der Waals surface area contributed by atoms with Crippen molar-refractivity contribution >= 4 is 11.8 Å². The molecule has 0 bridgehead atoms. The van der Waals surface area contributed by atoms with Crippen LogP contribution in [0.15, 0.2) is 18.2 Å². The summed E-state index contributed by atoms with van der Waals surface area (Å²) in [5.41, 5.74) is 5.98. The average Bonchev–Trinajstić information content (AvgIpc) is 2.16. The van der Waals surface area contributed by atoms with Crippen LogP contribution in [0, 0.1) is 6.92 Å². The van der Waals surface area contributed by atoms with Crippen LogP contribution in [0.4, 0.5) is 0 Å². The second-order valence-corrected chi connectivity index (χ2v) is 3.62. The van der Waals surface area contributed by atoms with Gasteiger partial charge in [0, 0.05) is 0 Å². The Bertz CT molecular complexity index is 429. The standard InChI is InChI=1S/C11H14N2O3/c1-6-3-4-8(9(14)5-6)11(16)13-7(2)10(12)15/h3-5,7,14H,1-2H3,(H2,12,15)(H,13,16). The fourth-order valence-electron chi connectivity index (χ4n) is 1.18. The molecule has 5 nitrogen and oxygen atoms in total. The second kappa shape index (κ2) is 4.65. The zero-order valence-corrected chi connectivity index (χ0v) is 9.15. The highest BCUT2D eigenvalue weighted by Crippen LogP contribution is 2.18. The van der Waals surface area contributed by atoms with E-state index in [1.165, 1.54) is 19.1 Å². The van der Waals surface area contributed by atoms with Crippen molar-refractivity contribution in [1.29, 1.82) is 0 Å². The SMILES string of the molecule is Cc1ccc(C(=O)NC(C)C(N)=O)c(O)c1. The third kappa shape index (κ3) is 2.73. The van der Waals surface area contributed by atoms with Gasteiger partial charge >= 0.3 is 0 Å². The molecule has 16 heavy (non-hydrogen) atoms. The molecule has 5 heteroatoms. The molecule has 0 fully saturated rings. The van der Waals surface area contributed by atoms with Crippen LogP contribution in [-0.4, -0.2) is 23.0 Å². The molecule has 0 spiro atoms. The molecule has 0 aliphatic rings. The van der Waals surface area contributed by atoms with Gasteiger partial charge in [0.05, 0.1) is 5.56 Å². The van der Waals surface area contributed by atoms with Gasteiger partial charge in [0.25, 0.3) is 5.91 Å². The number of primary amides is 1. The first-order valence-corrected chi connectivity index (χ1v) is 4.81. The molecule has 4 N–H and O–H groups in total. The number of nitrogens with one attached hydrogen (secondary N) is 1. The molecule has 2 amide bonds. The lowest BCUT2D eigenvalue weighted by molar-refractivity contribution is -0.119. The lowest BCUT2D eigenvalue weighted by atomic mass is 10.1. The number of aryl methyl sites for hydroxylation is 1. The van der Waals surface area contributed by atoms with Crippen LogP contribution in [0.5, 0.6) is 5.75 Å². The second-order valence-electron chi connectivity index (χ2n) is 3.62. The van der Waals surface area contributed by atoms with Crippen LogP contribution < -0.4 is 11.1 Å². The normalized spacial score (nSPS) is 11.9. The van der Waals surface area contributed by atoms with Crippen molar-refractivity contribution in [1.82, 2.24) is 5.32 Å². The Morgan fingerprint density at radius 1 is 1.44 bits per heavy atom. The van der Waals surface area contributed by atoms with Crippen LogP contribution in [0.2, 0.25) is 0 Å². The average molecular weight is 222 g/mol. The molecule has 0 aromatic heterocycles. The maximum atomic E-state index is 11.6. The van der Waals surface area contributed by atoms with Gasteiger partial charge in [-0.25, -0.2) is 0 Å². The zero-order valence-electron chi connectivity index (χ0n) is 9.15. The number of nitrogens with two attached hydrogens (primary N) is 1. The number of amides is 2. The lowest BCUT2D eigenvalue weighted by Crippen LogP contribution is -2.42. The van der Waals surface area contributed by atoms with Gasteiger partial charge in [-0.05, 0) is 31.5 Å². The van der Waals surface area contributed by atoms with Crippen LogP contribution in [0.1, 0.15) is 22.8 Å². The summed E-state index contributed by atoms with van der Waals surface area (Å²) < 4.78 is 0. The van der Waals surface area contributed by atoms with Crippen molar-refractivity contribution in [3.05, 3.63) is 29.3 Å². The number of rotatable bonds is 3. The highest BCUT2D eigenvalue weighted by atomic mass is 16.3. The number of carbonyl (C=O) groups excluding carboxylic acids is 2. The molecule has 86 valence electrons. The summed E-state index contributed by atoms with van der Waals surface area (Å²) in [6.45, 7) is 3.28. The molecule has 1 aromatic carbocycles. The minimum absolute atomic E-state index is 0.117. The van der Waals surface area contributed by atoms with Crippen molar-refractivity contribution in [3.8, 4) is 5.75 Å². The first-order chi connectivity index (χ1) is 7.41. The number of hydrogen-bond acceptors (Lipinski definition) is 3. The highest BCUT2D eigenvalue weighted by Gasteiger charge is 2.16. The fourth-order valence-corrected chi connectivity index (χ4v) is 1.18. The van der Waals surface area contributed by atoms with Gasteiger partial charge in [0.2, 0.25) is 5.91 Å². The molecule has 0 aliphatic carbocycles. The molecule has 1 rings (SSSR count). The highest BCUT2D eigenvalue weighted by molar-refractivity contribution is 5.99. The van der Waals surface area contributed by atoms with Crippen molar-refractivity contribution in [2.75, 3.05) is 0 Å². The van der Waals surface area contributed by atoms with Crippen molar-refractivity contribution < 1.29 is 14.7 Å². The topological polar surface area (TPSA) is 92.4 Å². The van der Waals surface area contributed by atoms with Crippen LogP contribution in [0.3, 0.4) is 0 Å². The number of aromatic hydroxyl groups is 1. The van der Waals surface area contributed by atoms with E-state index in [0.29, 0.717) is 0 Å². The molecule has 1 atom stereocenters. The monoisotopic (exact) mass is 222 g/mol. The summed E-state index contributed by atoms with van der Waals surface area (Å²) in [5.74, 6) is -1.27. The van der Waals surface area contributed by atoms with Gasteiger partial charge in [-0.15, -0.1) is 0 Å². The van der Waals surface area contributed by atoms with Crippen LogP contribution in [0.25, 0.3) is 0 Å². The maximum absolute atomic E-state index is 11.6. The Morgan fingerprint density at radius 3 is 2.56 bits per heavy atom. The molecular formula is C11H14N2O3. The predicted octanol–water partition coefficient (Wildman–Crippen LogP) is 0.304. The van der Waals surface area contributed by atoms with E-state index in [0.717, 1.165) is 5.56 Å². The Labute approximate surface area is 93.3 Å². The van der Waals surface area contributed by atoms with E-state index < -0.39 is 17.9 Å². The van der Waals surface area contributed by atoms with E-state index in [9.17, 15) is 14.7 Å². The maximum Gasteiger partial charge on any atom is 0.255 e. The molecule has 0 saturated heterocycles. The number of phenols is 1. The van der Waals surface area contributed by atoms with Gasteiger partial charge in [-0.1, -0.05) is 6.07 Å². The van der Waals surface area contributed by atoms with Crippen molar-refractivity contribution in [2.24, 2.45) is 5.73 Å². The molecule has 1 unspecified atom stereocenters. The third-order valence-electron chi connectivity index (χ3n) is 2.17. The number of benzene rings is 1. The minimum atomic E-state index is -0.770. The third-order valence-corrected chi connectivity index (χ3v) is 2.17. The van der Waals surface area contributed by atoms with E-state index in [4.69, 9.17) is 5.73 Å². The summed E-state index contributed by atoms with van der Waals surface area (Å²) in [4.78, 5) is 22.4. The van der Waals surface area contributed by atoms with Gasteiger partial charge in [-0.2, -0.15) is 0 Å². The quantitative estimate of drug-likeness (QED) is 0.687. The number of hydrogen-bond donors (Lipinski definition) is 3. The number of carbonyl (C=O) groups is 2. The predicted molar refractivity (Wildman–Crippen MR) is 59.0 cm³/mol. The molecule has 0 aliphatic heterocycles.